The summed E-state index contributed by atoms with van der Waals surface area (Å²) >= 11 is 8.62. The van der Waals surface area contributed by atoms with Crippen molar-refractivity contribution in [2.24, 2.45) is 0 Å². The standard InChI is InChI=1S/C14H17BrFN3OS/c1-9(8-18-2-4-20-5-3-18)19-13-7-11(16)10(15)6-12(13)17-14(19)21/h6-7,9H,2-5,8H2,1H3,(H,17,21). The van der Waals surface area contributed by atoms with Gasteiger partial charge in [0.15, 0.2) is 4.77 Å². The van der Waals surface area contributed by atoms with E-state index in [-0.39, 0.29) is 11.9 Å². The summed E-state index contributed by atoms with van der Waals surface area (Å²) in [6, 6.07) is 3.44. The predicted octanol–water partition coefficient (Wildman–Crippen LogP) is 3.49. The Bertz CT molecular complexity index is 708. The molecule has 0 aliphatic carbocycles. The molecule has 1 N–H and O–H groups in total. The van der Waals surface area contributed by atoms with Crippen molar-refractivity contribution in [1.82, 2.24) is 14.5 Å². The Morgan fingerprint density at radius 1 is 1.43 bits per heavy atom. The van der Waals surface area contributed by atoms with Crippen molar-refractivity contribution >= 4 is 39.2 Å². The van der Waals surface area contributed by atoms with Crippen LogP contribution >= 0.6 is 28.1 Å². The number of fused-ring (bicyclic) bond motifs is 1. The third-order valence-electron chi connectivity index (χ3n) is 3.83. The number of ether oxygens (including phenoxy) is 1. The van der Waals surface area contributed by atoms with E-state index >= 15 is 0 Å². The van der Waals surface area contributed by atoms with Gasteiger partial charge in [0.2, 0.25) is 0 Å². The molecule has 0 spiro atoms. The van der Waals surface area contributed by atoms with Crippen LogP contribution in [0.4, 0.5) is 4.39 Å². The lowest BCUT2D eigenvalue weighted by Gasteiger charge is -2.29. The van der Waals surface area contributed by atoms with E-state index in [0.717, 1.165) is 43.9 Å². The van der Waals surface area contributed by atoms with Gasteiger partial charge in [-0.1, -0.05) is 0 Å². The molecule has 0 bridgehead atoms. The van der Waals surface area contributed by atoms with Gasteiger partial charge in [-0.25, -0.2) is 4.39 Å². The van der Waals surface area contributed by atoms with Gasteiger partial charge >= 0.3 is 0 Å². The van der Waals surface area contributed by atoms with Gasteiger partial charge in [0.1, 0.15) is 5.82 Å². The highest BCUT2D eigenvalue weighted by atomic mass is 79.9. The molecule has 1 aromatic carbocycles. The summed E-state index contributed by atoms with van der Waals surface area (Å²) in [5, 5.41) is 0. The molecule has 1 aromatic heterocycles. The van der Waals surface area contributed by atoms with E-state index in [0.29, 0.717) is 9.24 Å². The van der Waals surface area contributed by atoms with Gasteiger partial charge in [-0.3, -0.25) is 4.90 Å². The molecule has 4 nitrogen and oxygen atoms in total. The summed E-state index contributed by atoms with van der Waals surface area (Å²) in [7, 11) is 0. The minimum absolute atomic E-state index is 0.171. The maximum Gasteiger partial charge on any atom is 0.178 e. The van der Waals surface area contributed by atoms with Crippen molar-refractivity contribution in [3.63, 3.8) is 0 Å². The van der Waals surface area contributed by atoms with Crippen LogP contribution in [0.3, 0.4) is 0 Å². The van der Waals surface area contributed by atoms with Gasteiger partial charge in [0.05, 0.1) is 28.7 Å². The number of H-pyrrole nitrogens is 1. The fourth-order valence-electron chi connectivity index (χ4n) is 2.80. The van der Waals surface area contributed by atoms with E-state index in [1.807, 2.05) is 4.57 Å². The Kier molecular flexibility index (Phi) is 4.44. The smallest absolute Gasteiger partial charge is 0.178 e. The number of imidazole rings is 1. The second kappa shape index (κ2) is 6.16. The van der Waals surface area contributed by atoms with Crippen LogP contribution in [0.25, 0.3) is 11.0 Å². The molecule has 0 saturated carbocycles. The van der Waals surface area contributed by atoms with Gasteiger partial charge in [-0.2, -0.15) is 0 Å². The van der Waals surface area contributed by atoms with E-state index < -0.39 is 0 Å². The van der Waals surface area contributed by atoms with E-state index in [1.165, 1.54) is 6.07 Å². The Hall–Kier alpha value is -0.760. The Morgan fingerprint density at radius 2 is 2.14 bits per heavy atom. The number of morpholine rings is 1. The first-order chi connectivity index (χ1) is 10.1. The van der Waals surface area contributed by atoms with Crippen LogP contribution < -0.4 is 0 Å². The number of hydrogen-bond donors (Lipinski definition) is 1. The van der Waals surface area contributed by atoms with Crippen LogP contribution in [0.15, 0.2) is 16.6 Å². The number of benzene rings is 1. The third kappa shape index (κ3) is 3.06. The van der Waals surface area contributed by atoms with E-state index in [4.69, 9.17) is 17.0 Å². The first kappa shape index (κ1) is 15.1. The minimum atomic E-state index is -0.274. The second-order valence-corrected chi connectivity index (χ2v) is 6.59. The monoisotopic (exact) mass is 373 g/mol. The molecule has 114 valence electrons. The molecule has 21 heavy (non-hydrogen) atoms. The molecular formula is C14H17BrFN3OS. The zero-order chi connectivity index (χ0) is 15.0. The number of aromatic amines is 1. The second-order valence-electron chi connectivity index (χ2n) is 5.35. The number of halogens is 2. The highest BCUT2D eigenvalue weighted by Crippen LogP contribution is 2.25. The van der Waals surface area contributed by atoms with Crippen molar-refractivity contribution in [2.45, 2.75) is 13.0 Å². The molecule has 1 saturated heterocycles. The molecule has 0 radical (unpaired) electrons. The molecular weight excluding hydrogens is 357 g/mol. The average Bonchev–Trinajstić information content (AvgIpc) is 2.75. The van der Waals surface area contributed by atoms with Crippen LogP contribution in [-0.2, 0) is 4.74 Å². The number of aromatic nitrogens is 2. The summed E-state index contributed by atoms with van der Waals surface area (Å²) in [4.78, 5) is 5.50. The minimum Gasteiger partial charge on any atom is -0.379 e. The molecule has 2 heterocycles. The number of nitrogens with one attached hydrogen (secondary N) is 1. The zero-order valence-corrected chi connectivity index (χ0v) is 14.1. The first-order valence-corrected chi connectivity index (χ1v) is 8.16. The van der Waals surface area contributed by atoms with Gasteiger partial charge < -0.3 is 14.3 Å². The Morgan fingerprint density at radius 3 is 2.86 bits per heavy atom. The van der Waals surface area contributed by atoms with E-state index in [9.17, 15) is 4.39 Å². The van der Waals surface area contributed by atoms with Crippen molar-refractivity contribution in [2.75, 3.05) is 32.8 Å². The molecule has 2 aromatic rings. The summed E-state index contributed by atoms with van der Waals surface area (Å²) in [5.41, 5.74) is 1.66. The molecule has 1 fully saturated rings. The number of rotatable bonds is 3. The molecule has 1 atom stereocenters. The summed E-state index contributed by atoms with van der Waals surface area (Å²) < 4.78 is 22.3. The molecule has 1 unspecified atom stereocenters. The van der Waals surface area contributed by atoms with Crippen molar-refractivity contribution in [1.29, 1.82) is 0 Å². The summed E-state index contributed by atoms with van der Waals surface area (Å²) in [6.45, 7) is 6.39. The molecule has 3 rings (SSSR count). The SMILES string of the molecule is CC(CN1CCOCC1)n1c(=S)[nH]c2cc(Br)c(F)cc21. The van der Waals surface area contributed by atoms with Gasteiger partial charge in [0, 0.05) is 31.7 Å². The van der Waals surface area contributed by atoms with Gasteiger partial charge in [0.25, 0.3) is 0 Å². The van der Waals surface area contributed by atoms with E-state index in [1.54, 1.807) is 6.07 Å². The Balaban J connectivity index is 1.93. The maximum absolute atomic E-state index is 13.8. The van der Waals surface area contributed by atoms with Crippen molar-refractivity contribution in [3.05, 3.63) is 27.2 Å². The first-order valence-electron chi connectivity index (χ1n) is 6.95. The molecule has 0 amide bonds. The van der Waals surface area contributed by atoms with Crippen LogP contribution in [0.5, 0.6) is 0 Å². The largest absolute Gasteiger partial charge is 0.379 e. The highest BCUT2D eigenvalue weighted by molar-refractivity contribution is 9.10. The van der Waals surface area contributed by atoms with Gasteiger partial charge in [-0.15, -0.1) is 0 Å². The average molecular weight is 374 g/mol. The fraction of sp³-hybridized carbons (Fsp3) is 0.500. The van der Waals surface area contributed by atoms with Crippen molar-refractivity contribution < 1.29 is 9.13 Å². The Labute approximate surface area is 136 Å². The third-order valence-corrected chi connectivity index (χ3v) is 4.73. The lowest BCUT2D eigenvalue weighted by Crippen LogP contribution is -2.39. The predicted molar refractivity (Wildman–Crippen MR) is 86.8 cm³/mol. The fourth-order valence-corrected chi connectivity index (χ4v) is 3.53. The lowest BCUT2D eigenvalue weighted by atomic mass is 10.2. The highest BCUT2D eigenvalue weighted by Gasteiger charge is 2.18. The zero-order valence-electron chi connectivity index (χ0n) is 11.7. The van der Waals surface area contributed by atoms with Crippen LogP contribution in [0, 0.1) is 10.6 Å². The van der Waals surface area contributed by atoms with Crippen LogP contribution in [0.2, 0.25) is 0 Å². The van der Waals surface area contributed by atoms with Crippen LogP contribution in [0.1, 0.15) is 13.0 Å². The normalized spacial score (nSPS) is 18.2. The summed E-state index contributed by atoms with van der Waals surface area (Å²) in [5.74, 6) is -0.274. The number of hydrogen-bond acceptors (Lipinski definition) is 3. The maximum atomic E-state index is 13.8. The van der Waals surface area contributed by atoms with Crippen molar-refractivity contribution in [3.8, 4) is 0 Å². The number of nitrogens with zero attached hydrogens (tertiary/aromatic N) is 2. The topological polar surface area (TPSA) is 33.2 Å². The molecule has 1 aliphatic rings. The molecule has 1 aliphatic heterocycles. The van der Waals surface area contributed by atoms with Crippen LogP contribution in [-0.4, -0.2) is 47.3 Å². The lowest BCUT2D eigenvalue weighted by molar-refractivity contribution is 0.0327. The van der Waals surface area contributed by atoms with E-state index in [2.05, 4.69) is 32.7 Å². The quantitative estimate of drug-likeness (QED) is 0.835. The van der Waals surface area contributed by atoms with Gasteiger partial charge in [-0.05, 0) is 41.1 Å². The molecule has 7 heteroatoms. The summed E-state index contributed by atoms with van der Waals surface area (Å²) in [6.07, 6.45) is 0.